The first-order chi connectivity index (χ1) is 19.1. The number of aliphatic carboxylic acids is 1. The van der Waals surface area contributed by atoms with Gasteiger partial charge in [-0.25, -0.2) is 9.18 Å². The number of carboxylic acids is 1. The highest BCUT2D eigenvalue weighted by Gasteiger charge is 2.41. The average molecular weight is 547 g/mol. The molecule has 1 heterocycles. The first-order valence-electron chi connectivity index (χ1n) is 12.9. The van der Waals surface area contributed by atoms with Crippen LogP contribution in [0.25, 0.3) is 0 Å². The summed E-state index contributed by atoms with van der Waals surface area (Å²) < 4.78 is 13.5. The molecule has 2 unspecified atom stereocenters. The largest absolute Gasteiger partial charge is 0.481 e. The number of hydrogen-bond donors (Lipinski definition) is 3. The second kappa shape index (κ2) is 12.4. The quantitative estimate of drug-likeness (QED) is 0.404. The molecule has 4 rings (SSSR count). The van der Waals surface area contributed by atoms with Crippen LogP contribution in [0.2, 0.25) is 0 Å². The van der Waals surface area contributed by atoms with Gasteiger partial charge in [-0.15, -0.1) is 0 Å². The number of amides is 4. The Bertz CT molecular complexity index is 1390. The number of carbonyl (C=O) groups is 4. The van der Waals surface area contributed by atoms with E-state index in [-0.39, 0.29) is 18.7 Å². The zero-order valence-electron chi connectivity index (χ0n) is 22.3. The van der Waals surface area contributed by atoms with Crippen molar-refractivity contribution in [3.63, 3.8) is 0 Å². The van der Waals surface area contributed by atoms with E-state index in [1.807, 2.05) is 32.0 Å². The van der Waals surface area contributed by atoms with Crippen LogP contribution in [0.3, 0.4) is 0 Å². The molecular formula is C30H31FN4O5. The fourth-order valence-electron chi connectivity index (χ4n) is 4.68. The summed E-state index contributed by atoms with van der Waals surface area (Å²) in [4.78, 5) is 55.1. The van der Waals surface area contributed by atoms with Crippen LogP contribution in [0.5, 0.6) is 0 Å². The normalized spacial score (nSPS) is 15.7. The maximum absolute atomic E-state index is 13.9. The van der Waals surface area contributed by atoms with Crippen LogP contribution >= 0.6 is 0 Å². The predicted molar refractivity (Wildman–Crippen MR) is 147 cm³/mol. The smallest absolute Gasteiger partial charge is 0.323 e. The molecule has 4 amide bonds. The zero-order valence-corrected chi connectivity index (χ0v) is 22.3. The lowest BCUT2D eigenvalue weighted by molar-refractivity contribution is -0.138. The highest BCUT2D eigenvalue weighted by Crippen LogP contribution is 2.24. The first-order valence-corrected chi connectivity index (χ1v) is 12.9. The molecule has 3 aromatic rings. The average Bonchev–Trinajstić information content (AvgIpc) is 2.93. The molecule has 3 N–H and O–H groups in total. The maximum Gasteiger partial charge on any atom is 0.323 e. The summed E-state index contributed by atoms with van der Waals surface area (Å²) in [7, 11) is 0. The third-order valence-corrected chi connectivity index (χ3v) is 6.68. The lowest BCUT2D eigenvalue weighted by Gasteiger charge is -2.43. The van der Waals surface area contributed by atoms with E-state index in [1.165, 1.54) is 21.9 Å². The van der Waals surface area contributed by atoms with Gasteiger partial charge in [-0.2, -0.15) is 0 Å². The van der Waals surface area contributed by atoms with Crippen LogP contribution in [-0.2, 0) is 9.59 Å². The van der Waals surface area contributed by atoms with Crippen LogP contribution in [-0.4, -0.2) is 58.0 Å². The number of carboxylic acid groups (broad SMARTS) is 1. The van der Waals surface area contributed by atoms with Crippen molar-refractivity contribution >= 4 is 29.5 Å². The summed E-state index contributed by atoms with van der Waals surface area (Å²) in [6.45, 7) is 4.11. The Balaban J connectivity index is 1.67. The first kappa shape index (κ1) is 28.3. The molecule has 2 atom stereocenters. The van der Waals surface area contributed by atoms with Gasteiger partial charge in [0.05, 0.1) is 12.5 Å². The lowest BCUT2D eigenvalue weighted by atomic mass is 10.0. The second-order valence-electron chi connectivity index (χ2n) is 9.80. The van der Waals surface area contributed by atoms with Gasteiger partial charge in [-0.05, 0) is 62.2 Å². The lowest BCUT2D eigenvalue weighted by Crippen LogP contribution is -2.64. The van der Waals surface area contributed by atoms with Crippen LogP contribution in [0.4, 0.5) is 14.9 Å². The number of aryl methyl sites for hydroxylation is 2. The van der Waals surface area contributed by atoms with Gasteiger partial charge in [0.25, 0.3) is 11.8 Å². The van der Waals surface area contributed by atoms with Gasteiger partial charge >= 0.3 is 12.0 Å². The Morgan fingerprint density at radius 1 is 0.925 bits per heavy atom. The molecule has 0 spiro atoms. The number of carbonyl (C=O) groups excluding carboxylic acids is 3. The summed E-state index contributed by atoms with van der Waals surface area (Å²) in [6, 6.07) is 17.7. The molecule has 1 fully saturated rings. The Morgan fingerprint density at radius 3 is 2.25 bits per heavy atom. The van der Waals surface area contributed by atoms with Crippen LogP contribution < -0.4 is 10.6 Å². The minimum absolute atomic E-state index is 0.153. The van der Waals surface area contributed by atoms with E-state index >= 15 is 0 Å². The number of nitrogens with zero attached hydrogens (tertiary/aromatic N) is 2. The number of rotatable bonds is 7. The number of hydrogen-bond acceptors (Lipinski definition) is 4. The maximum atomic E-state index is 13.9. The van der Waals surface area contributed by atoms with Crippen molar-refractivity contribution in [2.45, 2.75) is 38.9 Å². The molecule has 3 aromatic carbocycles. The molecule has 208 valence electrons. The molecule has 1 aliphatic heterocycles. The molecule has 0 saturated carbocycles. The van der Waals surface area contributed by atoms with Crippen molar-refractivity contribution in [2.75, 3.05) is 18.4 Å². The minimum Gasteiger partial charge on any atom is -0.481 e. The van der Waals surface area contributed by atoms with Gasteiger partial charge in [0.2, 0.25) is 0 Å². The summed E-state index contributed by atoms with van der Waals surface area (Å²) >= 11 is 0. The molecular weight excluding hydrogens is 515 g/mol. The fourth-order valence-corrected chi connectivity index (χ4v) is 4.68. The molecule has 1 aliphatic rings. The highest BCUT2D eigenvalue weighted by molar-refractivity contribution is 6.00. The van der Waals surface area contributed by atoms with E-state index in [2.05, 4.69) is 10.6 Å². The molecule has 9 nitrogen and oxygen atoms in total. The van der Waals surface area contributed by atoms with Gasteiger partial charge in [-0.1, -0.05) is 47.5 Å². The third kappa shape index (κ3) is 6.82. The predicted octanol–water partition coefficient (Wildman–Crippen LogP) is 4.48. The minimum atomic E-state index is -1.38. The molecule has 0 radical (unpaired) electrons. The Labute approximate surface area is 231 Å². The number of urea groups is 1. The fraction of sp³-hybridized carbons (Fsp3) is 0.267. The van der Waals surface area contributed by atoms with Gasteiger partial charge in [0.1, 0.15) is 5.82 Å². The standard InChI is InChI=1S/C30H31FN4O5/c1-19-7-13-24(14-8-19)32-30(40)35-16-4-15-34(29(39)21-9-11-23(31)12-10-21)28(35)27(38)33-25(18-26(36)37)22-6-3-5-20(2)17-22/h3,5-14,17,25,28H,4,15-16,18H2,1-2H3,(H,32,40)(H,33,38)(H,36,37). The molecule has 1 saturated heterocycles. The number of nitrogens with one attached hydrogen (secondary N) is 2. The summed E-state index contributed by atoms with van der Waals surface area (Å²) in [5.74, 6) is -2.90. The van der Waals surface area contributed by atoms with Crippen molar-refractivity contribution in [1.82, 2.24) is 15.1 Å². The Morgan fingerprint density at radius 2 is 1.60 bits per heavy atom. The van der Waals surface area contributed by atoms with Crippen molar-refractivity contribution in [2.24, 2.45) is 0 Å². The molecule has 0 aromatic heterocycles. The van der Waals surface area contributed by atoms with Gasteiger partial charge in [0, 0.05) is 24.3 Å². The van der Waals surface area contributed by atoms with Gasteiger partial charge in [-0.3, -0.25) is 19.3 Å². The van der Waals surface area contributed by atoms with E-state index in [9.17, 15) is 28.7 Å². The van der Waals surface area contributed by atoms with Crippen LogP contribution in [0.15, 0.2) is 72.8 Å². The number of anilines is 1. The third-order valence-electron chi connectivity index (χ3n) is 6.68. The summed E-state index contributed by atoms with van der Waals surface area (Å²) in [5, 5.41) is 15.1. The van der Waals surface area contributed by atoms with Gasteiger partial charge < -0.3 is 20.6 Å². The molecule has 10 heteroatoms. The van der Waals surface area contributed by atoms with E-state index in [0.29, 0.717) is 17.7 Å². The monoisotopic (exact) mass is 546 g/mol. The molecule has 0 aliphatic carbocycles. The second-order valence-corrected chi connectivity index (χ2v) is 9.80. The summed E-state index contributed by atoms with van der Waals surface area (Å²) in [5.41, 5.74) is 3.14. The SMILES string of the molecule is Cc1ccc(NC(=O)N2CCCN(C(=O)c3ccc(F)cc3)C2C(=O)NC(CC(=O)O)c2cccc(C)c2)cc1. The Kier molecular flexibility index (Phi) is 8.78. The van der Waals surface area contributed by atoms with Crippen molar-refractivity contribution in [3.05, 3.63) is 101 Å². The van der Waals surface area contributed by atoms with Crippen molar-refractivity contribution in [1.29, 1.82) is 0 Å². The Hall–Kier alpha value is -4.73. The van der Waals surface area contributed by atoms with Crippen LogP contribution in [0, 0.1) is 19.7 Å². The molecule has 0 bridgehead atoms. The number of halogens is 1. The van der Waals surface area contributed by atoms with E-state index < -0.39 is 48.3 Å². The van der Waals surface area contributed by atoms with Gasteiger partial charge in [0.15, 0.2) is 6.17 Å². The van der Waals surface area contributed by atoms with Crippen molar-refractivity contribution < 1.29 is 28.7 Å². The summed E-state index contributed by atoms with van der Waals surface area (Å²) in [6.07, 6.45) is -1.38. The topological polar surface area (TPSA) is 119 Å². The number of benzene rings is 3. The highest BCUT2D eigenvalue weighted by atomic mass is 19.1. The molecule has 40 heavy (non-hydrogen) atoms. The van der Waals surface area contributed by atoms with Crippen molar-refractivity contribution in [3.8, 4) is 0 Å². The van der Waals surface area contributed by atoms with E-state index in [4.69, 9.17) is 0 Å². The van der Waals surface area contributed by atoms with E-state index in [0.717, 1.165) is 23.3 Å². The van der Waals surface area contributed by atoms with Crippen LogP contribution in [0.1, 0.15) is 45.9 Å². The zero-order chi connectivity index (χ0) is 28.8. The van der Waals surface area contributed by atoms with E-state index in [1.54, 1.807) is 30.3 Å².